The van der Waals surface area contributed by atoms with E-state index in [1.165, 1.54) is 12.1 Å². The van der Waals surface area contributed by atoms with Crippen molar-refractivity contribution in [1.82, 2.24) is 9.97 Å². The van der Waals surface area contributed by atoms with Crippen LogP contribution in [0.4, 0.5) is 10.3 Å². The van der Waals surface area contributed by atoms with Crippen molar-refractivity contribution in [3.8, 4) is 11.3 Å². The molecular formula is C13H13ClFN3. The van der Waals surface area contributed by atoms with Gasteiger partial charge < -0.3 is 5.32 Å². The Morgan fingerprint density at radius 3 is 2.89 bits per heavy atom. The largest absolute Gasteiger partial charge is 0.354 e. The summed E-state index contributed by atoms with van der Waals surface area (Å²) < 4.78 is 13.0. The molecule has 0 saturated heterocycles. The Kier molecular flexibility index (Phi) is 4.10. The SMILES string of the molecule is CCCNc1nccc(-c2ccc(F)cc2Cl)n1. The first-order chi connectivity index (χ1) is 8.70. The number of benzene rings is 1. The van der Waals surface area contributed by atoms with Gasteiger partial charge in [0, 0.05) is 18.3 Å². The third kappa shape index (κ3) is 2.96. The lowest BCUT2D eigenvalue weighted by atomic mass is 10.1. The van der Waals surface area contributed by atoms with Crippen LogP contribution in [0.25, 0.3) is 11.3 Å². The minimum absolute atomic E-state index is 0.343. The number of hydrogen-bond acceptors (Lipinski definition) is 3. The van der Waals surface area contributed by atoms with Crippen molar-refractivity contribution < 1.29 is 4.39 Å². The fourth-order valence-electron chi connectivity index (χ4n) is 1.53. The first-order valence-electron chi connectivity index (χ1n) is 5.73. The number of nitrogens with one attached hydrogen (secondary N) is 1. The Bertz CT molecular complexity index is 546. The van der Waals surface area contributed by atoms with E-state index >= 15 is 0 Å². The van der Waals surface area contributed by atoms with Crippen LogP contribution in [0.1, 0.15) is 13.3 Å². The van der Waals surface area contributed by atoms with E-state index in [9.17, 15) is 4.39 Å². The average Bonchev–Trinajstić information content (AvgIpc) is 2.36. The number of hydrogen-bond donors (Lipinski definition) is 1. The van der Waals surface area contributed by atoms with Gasteiger partial charge in [-0.15, -0.1) is 0 Å². The highest BCUT2D eigenvalue weighted by Crippen LogP contribution is 2.27. The van der Waals surface area contributed by atoms with Gasteiger partial charge in [0.15, 0.2) is 0 Å². The molecule has 0 amide bonds. The molecule has 0 aliphatic rings. The molecule has 0 unspecified atom stereocenters. The lowest BCUT2D eigenvalue weighted by Gasteiger charge is -2.06. The molecule has 0 bridgehead atoms. The van der Waals surface area contributed by atoms with E-state index in [1.54, 1.807) is 18.3 Å². The van der Waals surface area contributed by atoms with Crippen molar-refractivity contribution in [3.05, 3.63) is 41.3 Å². The molecule has 2 aromatic rings. The number of rotatable bonds is 4. The van der Waals surface area contributed by atoms with Crippen LogP contribution in [-0.2, 0) is 0 Å². The summed E-state index contributed by atoms with van der Waals surface area (Å²) in [6.45, 7) is 2.87. The first kappa shape index (κ1) is 12.8. The third-order valence-electron chi connectivity index (χ3n) is 2.40. The molecule has 94 valence electrons. The minimum Gasteiger partial charge on any atom is -0.354 e. The molecule has 0 spiro atoms. The molecule has 3 nitrogen and oxygen atoms in total. The molecule has 18 heavy (non-hydrogen) atoms. The summed E-state index contributed by atoms with van der Waals surface area (Å²) in [4.78, 5) is 8.45. The van der Waals surface area contributed by atoms with Gasteiger partial charge in [-0.25, -0.2) is 14.4 Å². The van der Waals surface area contributed by atoms with Crippen molar-refractivity contribution in [2.75, 3.05) is 11.9 Å². The molecule has 1 heterocycles. The lowest BCUT2D eigenvalue weighted by Crippen LogP contribution is -2.04. The highest BCUT2D eigenvalue weighted by Gasteiger charge is 2.07. The van der Waals surface area contributed by atoms with E-state index in [0.29, 0.717) is 22.2 Å². The zero-order valence-corrected chi connectivity index (χ0v) is 10.7. The van der Waals surface area contributed by atoms with Crippen molar-refractivity contribution >= 4 is 17.5 Å². The van der Waals surface area contributed by atoms with Crippen molar-refractivity contribution in [3.63, 3.8) is 0 Å². The Morgan fingerprint density at radius 1 is 1.33 bits per heavy atom. The van der Waals surface area contributed by atoms with Crippen molar-refractivity contribution in [1.29, 1.82) is 0 Å². The van der Waals surface area contributed by atoms with Crippen LogP contribution in [0, 0.1) is 5.82 Å². The van der Waals surface area contributed by atoms with E-state index < -0.39 is 0 Å². The zero-order valence-electron chi connectivity index (χ0n) is 9.95. The van der Waals surface area contributed by atoms with E-state index in [-0.39, 0.29) is 5.82 Å². The summed E-state index contributed by atoms with van der Waals surface area (Å²) in [6, 6.07) is 6.00. The zero-order chi connectivity index (χ0) is 13.0. The average molecular weight is 266 g/mol. The van der Waals surface area contributed by atoms with Crippen molar-refractivity contribution in [2.24, 2.45) is 0 Å². The van der Waals surface area contributed by atoms with Crippen LogP contribution in [-0.4, -0.2) is 16.5 Å². The Balaban J connectivity index is 2.32. The third-order valence-corrected chi connectivity index (χ3v) is 2.71. The van der Waals surface area contributed by atoms with Gasteiger partial charge >= 0.3 is 0 Å². The van der Waals surface area contributed by atoms with Crippen LogP contribution in [0.5, 0.6) is 0 Å². The van der Waals surface area contributed by atoms with Gasteiger partial charge in [0.25, 0.3) is 0 Å². The Hall–Kier alpha value is -1.68. The van der Waals surface area contributed by atoms with Gasteiger partial charge in [0.2, 0.25) is 5.95 Å². The molecule has 1 N–H and O–H groups in total. The molecule has 0 radical (unpaired) electrons. The Labute approximate surface area is 110 Å². The number of anilines is 1. The molecular weight excluding hydrogens is 253 g/mol. The van der Waals surface area contributed by atoms with Gasteiger partial charge in [-0.05, 0) is 30.7 Å². The maximum atomic E-state index is 13.0. The van der Waals surface area contributed by atoms with Gasteiger partial charge in [-0.2, -0.15) is 0 Å². The highest BCUT2D eigenvalue weighted by molar-refractivity contribution is 6.33. The highest BCUT2D eigenvalue weighted by atomic mass is 35.5. The molecule has 2 rings (SSSR count). The fraction of sp³-hybridized carbons (Fsp3) is 0.231. The van der Waals surface area contributed by atoms with Crippen molar-refractivity contribution in [2.45, 2.75) is 13.3 Å². The second-order valence-corrected chi connectivity index (χ2v) is 4.22. The maximum Gasteiger partial charge on any atom is 0.223 e. The van der Waals surface area contributed by atoms with Crippen LogP contribution in [0.2, 0.25) is 5.02 Å². The standard InChI is InChI=1S/C13H13ClFN3/c1-2-6-16-13-17-7-5-12(18-13)10-4-3-9(15)8-11(10)14/h3-5,7-8H,2,6H2,1H3,(H,16,17,18). The monoisotopic (exact) mass is 265 g/mol. The van der Waals surface area contributed by atoms with Crippen LogP contribution in [0.3, 0.4) is 0 Å². The molecule has 0 aliphatic heterocycles. The fourth-order valence-corrected chi connectivity index (χ4v) is 1.79. The summed E-state index contributed by atoms with van der Waals surface area (Å²) in [6.07, 6.45) is 2.64. The first-order valence-corrected chi connectivity index (χ1v) is 6.11. The Morgan fingerprint density at radius 2 is 2.17 bits per heavy atom. The summed E-state index contributed by atoms with van der Waals surface area (Å²) in [5.41, 5.74) is 1.37. The van der Waals surface area contributed by atoms with Gasteiger partial charge in [-0.1, -0.05) is 18.5 Å². The molecule has 5 heteroatoms. The second-order valence-electron chi connectivity index (χ2n) is 3.82. The van der Waals surface area contributed by atoms with Crippen LogP contribution >= 0.6 is 11.6 Å². The van der Waals surface area contributed by atoms with Gasteiger partial charge in [-0.3, -0.25) is 0 Å². The molecule has 0 fully saturated rings. The van der Waals surface area contributed by atoms with Gasteiger partial charge in [0.05, 0.1) is 10.7 Å². The summed E-state index contributed by atoms with van der Waals surface area (Å²) in [5.74, 6) is 0.192. The predicted molar refractivity (Wildman–Crippen MR) is 71.2 cm³/mol. The van der Waals surface area contributed by atoms with E-state index in [4.69, 9.17) is 11.6 Å². The van der Waals surface area contributed by atoms with E-state index in [1.807, 2.05) is 0 Å². The molecule has 0 saturated carbocycles. The van der Waals surface area contributed by atoms with Crippen LogP contribution < -0.4 is 5.32 Å². The number of nitrogens with zero attached hydrogens (tertiary/aromatic N) is 2. The predicted octanol–water partition coefficient (Wildman–Crippen LogP) is 3.76. The molecule has 1 aromatic carbocycles. The molecule has 0 atom stereocenters. The van der Waals surface area contributed by atoms with Gasteiger partial charge in [0.1, 0.15) is 5.82 Å². The molecule has 1 aromatic heterocycles. The van der Waals surface area contributed by atoms with E-state index in [2.05, 4.69) is 22.2 Å². The summed E-state index contributed by atoms with van der Waals surface area (Å²) in [5, 5.41) is 3.44. The maximum absolute atomic E-state index is 13.0. The van der Waals surface area contributed by atoms with E-state index in [0.717, 1.165) is 13.0 Å². The number of aromatic nitrogens is 2. The molecule has 0 aliphatic carbocycles. The second kappa shape index (κ2) is 5.78. The quantitative estimate of drug-likeness (QED) is 0.915. The topological polar surface area (TPSA) is 37.8 Å². The lowest BCUT2D eigenvalue weighted by molar-refractivity contribution is 0.628. The normalized spacial score (nSPS) is 10.4. The summed E-state index contributed by atoms with van der Waals surface area (Å²) in [7, 11) is 0. The minimum atomic E-state index is -0.359. The number of halogens is 2. The summed E-state index contributed by atoms with van der Waals surface area (Å²) >= 11 is 6.00. The smallest absolute Gasteiger partial charge is 0.223 e. The van der Waals surface area contributed by atoms with Crippen LogP contribution in [0.15, 0.2) is 30.5 Å².